The van der Waals surface area contributed by atoms with Gasteiger partial charge in [-0.1, -0.05) is 41.9 Å². The second kappa shape index (κ2) is 6.07. The summed E-state index contributed by atoms with van der Waals surface area (Å²) in [6.07, 6.45) is -1.72. The number of nitrogens with zero attached hydrogens (tertiary/aromatic N) is 1. The van der Waals surface area contributed by atoms with Gasteiger partial charge in [0.25, 0.3) is 0 Å². The predicted molar refractivity (Wildman–Crippen MR) is 80.8 cm³/mol. The number of benzene rings is 2. The number of para-hydroxylation sites is 2. The van der Waals surface area contributed by atoms with Crippen molar-refractivity contribution in [1.82, 2.24) is 4.98 Å². The number of fused-ring (bicyclic) bond motifs is 1. The predicted octanol–water partition coefficient (Wildman–Crippen LogP) is 4.35. The minimum atomic E-state index is -0.881. The van der Waals surface area contributed by atoms with Gasteiger partial charge >= 0.3 is 6.16 Å². The molecule has 1 heterocycles. The average molecular weight is 318 g/mol. The summed E-state index contributed by atoms with van der Waals surface area (Å²) in [7, 11) is 1.23. The highest BCUT2D eigenvalue weighted by Gasteiger charge is 2.27. The lowest BCUT2D eigenvalue weighted by molar-refractivity contribution is 0.0416. The molecule has 0 N–H and O–H groups in total. The number of hydrogen-bond donors (Lipinski definition) is 0. The number of ether oxygens (including phenoxy) is 2. The van der Waals surface area contributed by atoms with Crippen LogP contribution in [0.3, 0.4) is 0 Å². The lowest BCUT2D eigenvalue weighted by Crippen LogP contribution is -2.13. The highest BCUT2D eigenvalue weighted by molar-refractivity contribution is 6.31. The fourth-order valence-electron chi connectivity index (χ4n) is 2.08. The van der Waals surface area contributed by atoms with Crippen LogP contribution in [0.2, 0.25) is 5.02 Å². The molecule has 3 aromatic rings. The molecule has 0 aliphatic heterocycles. The number of oxazole rings is 1. The van der Waals surface area contributed by atoms with Crippen LogP contribution in [0.25, 0.3) is 11.1 Å². The molecule has 1 atom stereocenters. The molecule has 0 bridgehead atoms. The SMILES string of the molecule is COC(=O)OC(c1nc2ccccc2o1)c1ccccc1Cl. The zero-order valence-corrected chi connectivity index (χ0v) is 12.4. The molecule has 0 fully saturated rings. The average Bonchev–Trinajstić information content (AvgIpc) is 2.97. The number of halogens is 1. The van der Waals surface area contributed by atoms with E-state index in [9.17, 15) is 4.79 Å². The first-order valence-electron chi connectivity index (χ1n) is 6.53. The fourth-order valence-corrected chi connectivity index (χ4v) is 2.32. The molecule has 0 amide bonds. The number of carbonyl (C=O) groups is 1. The Bertz CT molecular complexity index is 782. The van der Waals surface area contributed by atoms with Crippen molar-refractivity contribution in [3.8, 4) is 0 Å². The maximum atomic E-state index is 11.5. The lowest BCUT2D eigenvalue weighted by Gasteiger charge is -2.15. The maximum absolute atomic E-state index is 11.5. The van der Waals surface area contributed by atoms with E-state index in [2.05, 4.69) is 9.72 Å². The van der Waals surface area contributed by atoms with Crippen molar-refractivity contribution in [3.63, 3.8) is 0 Å². The van der Waals surface area contributed by atoms with Gasteiger partial charge in [-0.05, 0) is 18.2 Å². The van der Waals surface area contributed by atoms with E-state index in [0.29, 0.717) is 21.7 Å². The normalized spacial score (nSPS) is 12.1. The van der Waals surface area contributed by atoms with E-state index < -0.39 is 12.3 Å². The highest BCUT2D eigenvalue weighted by Crippen LogP contribution is 2.32. The molecule has 1 unspecified atom stereocenters. The first-order chi connectivity index (χ1) is 10.7. The van der Waals surface area contributed by atoms with Crippen LogP contribution in [0.5, 0.6) is 0 Å². The Morgan fingerprint density at radius 1 is 1.18 bits per heavy atom. The Morgan fingerprint density at radius 2 is 1.91 bits per heavy atom. The van der Waals surface area contributed by atoms with Gasteiger partial charge in [0.2, 0.25) is 12.0 Å². The van der Waals surface area contributed by atoms with Crippen LogP contribution < -0.4 is 0 Å². The Labute approximate surface area is 131 Å². The van der Waals surface area contributed by atoms with Gasteiger partial charge in [-0.25, -0.2) is 9.78 Å². The second-order valence-corrected chi connectivity index (χ2v) is 4.90. The molecule has 1 aromatic heterocycles. The Balaban J connectivity index is 2.08. The zero-order chi connectivity index (χ0) is 15.5. The fraction of sp³-hybridized carbons (Fsp3) is 0.125. The van der Waals surface area contributed by atoms with E-state index in [1.165, 1.54) is 7.11 Å². The van der Waals surface area contributed by atoms with Gasteiger partial charge in [-0.15, -0.1) is 0 Å². The van der Waals surface area contributed by atoms with Gasteiger partial charge in [-0.2, -0.15) is 0 Å². The Kier molecular flexibility index (Phi) is 3.98. The summed E-state index contributed by atoms with van der Waals surface area (Å²) in [6.45, 7) is 0. The van der Waals surface area contributed by atoms with Gasteiger partial charge < -0.3 is 13.9 Å². The van der Waals surface area contributed by atoms with Gasteiger partial charge in [-0.3, -0.25) is 0 Å². The molecule has 22 heavy (non-hydrogen) atoms. The smallest absolute Gasteiger partial charge is 0.438 e. The van der Waals surface area contributed by atoms with Crippen LogP contribution in [0.1, 0.15) is 17.6 Å². The van der Waals surface area contributed by atoms with E-state index in [4.69, 9.17) is 20.8 Å². The van der Waals surface area contributed by atoms with E-state index in [0.717, 1.165) is 0 Å². The van der Waals surface area contributed by atoms with E-state index in [-0.39, 0.29) is 5.89 Å². The van der Waals surface area contributed by atoms with E-state index in [1.54, 1.807) is 30.3 Å². The van der Waals surface area contributed by atoms with Crippen molar-refractivity contribution in [3.05, 3.63) is 65.0 Å². The van der Waals surface area contributed by atoms with Crippen molar-refractivity contribution in [2.75, 3.05) is 7.11 Å². The number of carbonyl (C=O) groups excluding carboxylic acids is 1. The maximum Gasteiger partial charge on any atom is 0.509 e. The first-order valence-corrected chi connectivity index (χ1v) is 6.91. The number of rotatable bonds is 3. The summed E-state index contributed by atoms with van der Waals surface area (Å²) < 4.78 is 15.5. The van der Waals surface area contributed by atoms with Gasteiger partial charge in [0.15, 0.2) is 5.58 Å². The van der Waals surface area contributed by atoms with Crippen molar-refractivity contribution in [1.29, 1.82) is 0 Å². The monoisotopic (exact) mass is 317 g/mol. The summed E-state index contributed by atoms with van der Waals surface area (Å²) in [4.78, 5) is 15.9. The molecular weight excluding hydrogens is 306 g/mol. The molecule has 0 saturated heterocycles. The third-order valence-electron chi connectivity index (χ3n) is 3.10. The summed E-state index contributed by atoms with van der Waals surface area (Å²) >= 11 is 6.19. The molecular formula is C16H12ClNO4. The highest BCUT2D eigenvalue weighted by atomic mass is 35.5. The summed E-state index contributed by atoms with van der Waals surface area (Å²) in [5, 5.41) is 0.443. The van der Waals surface area contributed by atoms with Crippen LogP contribution in [0.15, 0.2) is 52.9 Å². The Morgan fingerprint density at radius 3 is 2.64 bits per heavy atom. The molecule has 0 saturated carbocycles. The summed E-state index contributed by atoms with van der Waals surface area (Å²) in [5.74, 6) is 0.236. The zero-order valence-electron chi connectivity index (χ0n) is 11.7. The standard InChI is InChI=1S/C16H12ClNO4/c1-20-16(19)22-14(10-6-2-3-7-11(10)17)15-18-12-8-4-5-9-13(12)21-15/h2-9,14H,1H3. The van der Waals surface area contributed by atoms with Crippen molar-refractivity contribution in [2.45, 2.75) is 6.10 Å². The third-order valence-corrected chi connectivity index (χ3v) is 3.45. The van der Waals surface area contributed by atoms with Crippen LogP contribution in [-0.4, -0.2) is 18.2 Å². The third kappa shape index (κ3) is 2.76. The molecule has 6 heteroatoms. The molecule has 0 radical (unpaired) electrons. The van der Waals surface area contributed by atoms with Crippen molar-refractivity contribution < 1.29 is 18.7 Å². The van der Waals surface area contributed by atoms with Crippen molar-refractivity contribution >= 4 is 28.9 Å². The first kappa shape index (κ1) is 14.4. The van der Waals surface area contributed by atoms with Crippen LogP contribution >= 0.6 is 11.6 Å². The molecule has 0 aliphatic rings. The number of methoxy groups -OCH3 is 1. The van der Waals surface area contributed by atoms with Gasteiger partial charge in [0.1, 0.15) is 5.52 Å². The topological polar surface area (TPSA) is 61.6 Å². The number of aromatic nitrogens is 1. The quantitative estimate of drug-likeness (QED) is 0.672. The molecule has 3 rings (SSSR count). The van der Waals surface area contributed by atoms with Gasteiger partial charge in [0, 0.05) is 10.6 Å². The van der Waals surface area contributed by atoms with E-state index in [1.807, 2.05) is 18.2 Å². The molecule has 2 aromatic carbocycles. The molecule has 112 valence electrons. The summed E-state index contributed by atoms with van der Waals surface area (Å²) in [5.41, 5.74) is 1.84. The second-order valence-electron chi connectivity index (χ2n) is 4.49. The Hall–Kier alpha value is -2.53. The summed E-state index contributed by atoms with van der Waals surface area (Å²) in [6, 6.07) is 14.3. The van der Waals surface area contributed by atoms with Crippen LogP contribution in [0, 0.1) is 0 Å². The van der Waals surface area contributed by atoms with Crippen LogP contribution in [-0.2, 0) is 9.47 Å². The van der Waals surface area contributed by atoms with E-state index >= 15 is 0 Å². The van der Waals surface area contributed by atoms with Crippen LogP contribution in [0.4, 0.5) is 4.79 Å². The van der Waals surface area contributed by atoms with Crippen molar-refractivity contribution in [2.24, 2.45) is 0 Å². The minimum Gasteiger partial charge on any atom is -0.438 e. The molecule has 0 aliphatic carbocycles. The lowest BCUT2D eigenvalue weighted by atomic mass is 10.1. The largest absolute Gasteiger partial charge is 0.509 e. The number of hydrogen-bond acceptors (Lipinski definition) is 5. The molecule has 5 nitrogen and oxygen atoms in total. The van der Waals surface area contributed by atoms with Gasteiger partial charge in [0.05, 0.1) is 7.11 Å². The minimum absolute atomic E-state index is 0.236. The molecule has 0 spiro atoms.